The van der Waals surface area contributed by atoms with Crippen molar-refractivity contribution < 1.29 is 18.8 Å². The predicted octanol–water partition coefficient (Wildman–Crippen LogP) is 2.72. The smallest absolute Gasteiger partial charge is 0.306 e. The molecule has 0 saturated carbocycles. The van der Waals surface area contributed by atoms with Crippen molar-refractivity contribution in [1.29, 1.82) is 0 Å². The Morgan fingerprint density at radius 1 is 1.28 bits per heavy atom. The Kier molecular flexibility index (Phi) is 3.79. The van der Waals surface area contributed by atoms with E-state index >= 15 is 0 Å². The molecule has 0 amide bonds. The topological polar surface area (TPSA) is 92.3 Å². The van der Waals surface area contributed by atoms with E-state index in [1.165, 1.54) is 18.5 Å². The molecule has 1 aliphatic rings. The lowest BCUT2D eigenvalue weighted by atomic mass is 9.97. The van der Waals surface area contributed by atoms with Crippen LogP contribution in [0.15, 0.2) is 35.1 Å². The number of benzene rings is 1. The highest BCUT2D eigenvalue weighted by Crippen LogP contribution is 2.34. The van der Waals surface area contributed by atoms with Gasteiger partial charge in [-0.05, 0) is 25.0 Å². The largest absolute Gasteiger partial charge is 0.481 e. The summed E-state index contributed by atoms with van der Waals surface area (Å²) in [6, 6.07) is 6.09. The summed E-state index contributed by atoms with van der Waals surface area (Å²) >= 11 is 0. The Hall–Kier alpha value is -3.03. The van der Waals surface area contributed by atoms with E-state index in [-0.39, 0.29) is 11.7 Å². The first-order valence-electron chi connectivity index (χ1n) is 7.97. The van der Waals surface area contributed by atoms with Crippen molar-refractivity contribution in [3.8, 4) is 11.3 Å². The molecule has 1 aliphatic heterocycles. The second-order valence-electron chi connectivity index (χ2n) is 6.02. The van der Waals surface area contributed by atoms with Gasteiger partial charge in [-0.15, -0.1) is 0 Å². The lowest BCUT2D eigenvalue weighted by Crippen LogP contribution is -2.36. The normalized spacial score (nSPS) is 15.6. The van der Waals surface area contributed by atoms with Gasteiger partial charge in [-0.3, -0.25) is 4.79 Å². The van der Waals surface area contributed by atoms with Gasteiger partial charge >= 0.3 is 5.97 Å². The number of aliphatic carboxylic acids is 1. The van der Waals surface area contributed by atoms with Crippen LogP contribution in [0, 0.1) is 11.7 Å². The lowest BCUT2D eigenvalue weighted by Gasteiger charge is -2.31. The molecule has 1 N–H and O–H groups in total. The van der Waals surface area contributed by atoms with Crippen molar-refractivity contribution >= 4 is 22.9 Å². The number of halogens is 1. The quantitative estimate of drug-likeness (QED) is 0.782. The highest BCUT2D eigenvalue weighted by Gasteiger charge is 2.28. The monoisotopic (exact) mass is 342 g/mol. The molecule has 0 bridgehead atoms. The number of anilines is 1. The van der Waals surface area contributed by atoms with Gasteiger partial charge in [-0.2, -0.15) is 4.98 Å². The first-order valence-corrected chi connectivity index (χ1v) is 7.97. The van der Waals surface area contributed by atoms with Gasteiger partial charge in [0.15, 0.2) is 0 Å². The van der Waals surface area contributed by atoms with E-state index in [2.05, 4.69) is 15.1 Å². The highest BCUT2D eigenvalue weighted by molar-refractivity contribution is 5.97. The third kappa shape index (κ3) is 2.79. The predicted molar refractivity (Wildman–Crippen MR) is 87.6 cm³/mol. The number of carbonyl (C=O) groups is 1. The van der Waals surface area contributed by atoms with Gasteiger partial charge in [0.25, 0.3) is 5.71 Å². The second-order valence-corrected chi connectivity index (χ2v) is 6.02. The zero-order chi connectivity index (χ0) is 17.4. The van der Waals surface area contributed by atoms with Crippen LogP contribution in [0.25, 0.3) is 22.4 Å². The molecular formula is C17H15FN4O3. The third-order valence-corrected chi connectivity index (χ3v) is 4.49. The van der Waals surface area contributed by atoms with Crippen molar-refractivity contribution in [3.63, 3.8) is 0 Å². The number of hydrogen-bond acceptors (Lipinski definition) is 6. The van der Waals surface area contributed by atoms with E-state index in [0.29, 0.717) is 54.1 Å². The number of rotatable bonds is 3. The molecule has 0 atom stereocenters. The van der Waals surface area contributed by atoms with Crippen molar-refractivity contribution in [2.45, 2.75) is 12.8 Å². The number of carboxylic acid groups (broad SMARTS) is 1. The van der Waals surface area contributed by atoms with Crippen LogP contribution in [0.1, 0.15) is 12.8 Å². The number of piperidine rings is 1. The Balaban J connectivity index is 1.75. The molecule has 3 heterocycles. The Morgan fingerprint density at radius 3 is 2.80 bits per heavy atom. The summed E-state index contributed by atoms with van der Waals surface area (Å²) in [5, 5.41) is 13.8. The molecule has 8 heteroatoms. The van der Waals surface area contributed by atoms with Gasteiger partial charge in [0.05, 0.1) is 5.92 Å². The van der Waals surface area contributed by atoms with E-state index in [1.54, 1.807) is 12.1 Å². The molecular weight excluding hydrogens is 327 g/mol. The lowest BCUT2D eigenvalue weighted by molar-refractivity contribution is -0.142. The molecule has 1 aromatic carbocycles. The van der Waals surface area contributed by atoms with Crippen LogP contribution in [0.2, 0.25) is 0 Å². The molecule has 0 radical (unpaired) electrons. The summed E-state index contributed by atoms with van der Waals surface area (Å²) in [5.74, 6) is -0.833. The standard InChI is InChI=1S/C17H15FN4O3/c18-12-3-1-2-11(8-12)14-13-15(19-9-20-16(13)25-21-14)22-6-4-10(5-7-22)17(23)24/h1-3,8-10H,4-7H2,(H,23,24). The molecule has 0 spiro atoms. The van der Waals surface area contributed by atoms with Crippen LogP contribution < -0.4 is 4.90 Å². The van der Waals surface area contributed by atoms with E-state index < -0.39 is 5.97 Å². The van der Waals surface area contributed by atoms with Crippen molar-refractivity contribution in [2.24, 2.45) is 5.92 Å². The van der Waals surface area contributed by atoms with Crippen molar-refractivity contribution in [2.75, 3.05) is 18.0 Å². The minimum Gasteiger partial charge on any atom is -0.481 e. The summed E-state index contributed by atoms with van der Waals surface area (Å²) in [7, 11) is 0. The molecule has 0 aliphatic carbocycles. The fraction of sp³-hybridized carbons (Fsp3) is 0.294. The minimum absolute atomic E-state index is 0.324. The van der Waals surface area contributed by atoms with E-state index in [0.717, 1.165) is 0 Å². The Labute approximate surface area is 142 Å². The summed E-state index contributed by atoms with van der Waals surface area (Å²) in [6.07, 6.45) is 2.48. The molecule has 128 valence electrons. The summed E-state index contributed by atoms with van der Waals surface area (Å²) < 4.78 is 18.9. The molecule has 1 fully saturated rings. The molecule has 2 aromatic heterocycles. The fourth-order valence-corrected chi connectivity index (χ4v) is 3.18. The van der Waals surface area contributed by atoms with Crippen LogP contribution in [0.3, 0.4) is 0 Å². The zero-order valence-electron chi connectivity index (χ0n) is 13.2. The number of carboxylic acids is 1. The van der Waals surface area contributed by atoms with Gasteiger partial charge in [-0.1, -0.05) is 17.3 Å². The van der Waals surface area contributed by atoms with Gasteiger partial charge in [-0.25, -0.2) is 9.37 Å². The highest BCUT2D eigenvalue weighted by atomic mass is 19.1. The Bertz CT molecular complexity index is 935. The maximum Gasteiger partial charge on any atom is 0.306 e. The first kappa shape index (κ1) is 15.5. The van der Waals surface area contributed by atoms with Crippen LogP contribution in [-0.2, 0) is 4.79 Å². The third-order valence-electron chi connectivity index (χ3n) is 4.49. The van der Waals surface area contributed by atoms with E-state index in [1.807, 2.05) is 4.90 Å². The summed E-state index contributed by atoms with van der Waals surface area (Å²) in [6.45, 7) is 1.13. The molecule has 4 rings (SSSR count). The van der Waals surface area contributed by atoms with E-state index in [4.69, 9.17) is 9.63 Å². The van der Waals surface area contributed by atoms with Crippen LogP contribution in [-0.4, -0.2) is 39.3 Å². The summed E-state index contributed by atoms with van der Waals surface area (Å²) in [4.78, 5) is 21.6. The van der Waals surface area contributed by atoms with Crippen LogP contribution in [0.5, 0.6) is 0 Å². The molecule has 7 nitrogen and oxygen atoms in total. The van der Waals surface area contributed by atoms with Gasteiger partial charge in [0.2, 0.25) is 0 Å². The summed E-state index contributed by atoms with van der Waals surface area (Å²) in [5.41, 5.74) is 1.38. The fourth-order valence-electron chi connectivity index (χ4n) is 3.18. The Morgan fingerprint density at radius 2 is 2.08 bits per heavy atom. The average Bonchev–Trinajstić information content (AvgIpc) is 3.06. The molecule has 3 aromatic rings. The van der Waals surface area contributed by atoms with Crippen LogP contribution in [0.4, 0.5) is 10.2 Å². The SMILES string of the molecule is O=C(O)C1CCN(c2ncnc3onc(-c4cccc(F)c4)c23)CC1. The van der Waals surface area contributed by atoms with Crippen molar-refractivity contribution in [3.05, 3.63) is 36.4 Å². The number of fused-ring (bicyclic) bond motifs is 1. The second kappa shape index (κ2) is 6.12. The first-order chi connectivity index (χ1) is 12.1. The molecule has 25 heavy (non-hydrogen) atoms. The van der Waals surface area contributed by atoms with Gasteiger partial charge in [0, 0.05) is 18.7 Å². The number of aromatic nitrogens is 3. The number of hydrogen-bond donors (Lipinski definition) is 1. The molecule has 0 unspecified atom stereocenters. The van der Waals surface area contributed by atoms with Crippen molar-refractivity contribution in [1.82, 2.24) is 15.1 Å². The molecule has 1 saturated heterocycles. The van der Waals surface area contributed by atoms with Crippen LogP contribution >= 0.6 is 0 Å². The number of nitrogens with zero attached hydrogens (tertiary/aromatic N) is 4. The minimum atomic E-state index is -0.766. The van der Waals surface area contributed by atoms with Gasteiger partial charge < -0.3 is 14.5 Å². The van der Waals surface area contributed by atoms with Gasteiger partial charge in [0.1, 0.15) is 29.0 Å². The van der Waals surface area contributed by atoms with E-state index in [9.17, 15) is 9.18 Å². The average molecular weight is 342 g/mol. The maximum absolute atomic E-state index is 13.6. The maximum atomic E-state index is 13.6. The zero-order valence-corrected chi connectivity index (χ0v) is 13.2.